The minimum absolute atomic E-state index is 0.179. The minimum atomic E-state index is -0.299. The van der Waals surface area contributed by atoms with Crippen LogP contribution in [-0.4, -0.2) is 72.5 Å². The van der Waals surface area contributed by atoms with E-state index in [-0.39, 0.29) is 24.8 Å². The number of aromatic nitrogens is 4. The zero-order valence-corrected chi connectivity index (χ0v) is 69.3. The predicted molar refractivity (Wildman–Crippen MR) is 456 cm³/mol. The van der Waals surface area contributed by atoms with Crippen LogP contribution >= 0.6 is 0 Å². The van der Waals surface area contributed by atoms with Crippen molar-refractivity contribution in [3.63, 3.8) is 0 Å². The molecule has 8 bridgehead atoms. The molecule has 0 unspecified atom stereocenters. The van der Waals surface area contributed by atoms with Gasteiger partial charge in [0.1, 0.15) is 0 Å². The lowest BCUT2D eigenvalue weighted by Gasteiger charge is -2.16. The van der Waals surface area contributed by atoms with Crippen LogP contribution in [0, 0.1) is 13.8 Å². The Balaban J connectivity index is 1.31. The van der Waals surface area contributed by atoms with E-state index in [1.165, 1.54) is 220 Å². The maximum Gasteiger partial charge on any atom is 0.305 e. The highest BCUT2D eigenvalue weighted by atomic mass is 16.5. The summed E-state index contributed by atoms with van der Waals surface area (Å²) in [5.74, 6) is 2.39. The molecular formula is C96H142N4O8. The fourth-order valence-electron chi connectivity index (χ4n) is 15.4. The van der Waals surface area contributed by atoms with Gasteiger partial charge >= 0.3 is 11.9 Å². The average Bonchev–Trinajstić information content (AvgIpc) is 1.60. The van der Waals surface area contributed by atoms with Gasteiger partial charge in [-0.15, -0.1) is 0 Å². The standard InChI is InChI=1S/C96H142N4O8/c1-13-17-21-25-29-33-37-41-45-49-61-105-89-57-53-77(65-91(89)107-63-51-47-43-39-35-31-27-23-19-15-3)71(5)95-75(9)83-67-81-73(7)79(55-59-93(101)103-11)85(97-81)70-86-80(56-60-94(102)104-12)74(8)82(98-86)68-87-96(76(10)84(100-87)69-88(95)99-83)72(6)78-54-58-90(106-62-50-46-42-38-34-30-26-22-18-14-2)92(66-78)108-64-52-48-44-40-36-32-28-24-20-16-4/h53-54,57-58,65-70,98-99H,5-6,13-52,55-56,59-64H2,1-4,7-12H3. The fourth-order valence-corrected chi connectivity index (χ4v) is 15.4. The van der Waals surface area contributed by atoms with Crippen molar-refractivity contribution in [2.75, 3.05) is 40.6 Å². The van der Waals surface area contributed by atoms with Crippen molar-refractivity contribution in [3.05, 3.63) is 130 Å². The third-order valence-corrected chi connectivity index (χ3v) is 22.4. The van der Waals surface area contributed by atoms with Crippen LogP contribution < -0.4 is 18.9 Å². The maximum absolute atomic E-state index is 13.0. The quantitative estimate of drug-likeness (QED) is 0.0285. The van der Waals surface area contributed by atoms with Crippen LogP contribution in [-0.2, 0) is 25.5 Å². The maximum atomic E-state index is 13.0. The Kier molecular flexibility index (Phi) is 41.1. The molecule has 0 fully saturated rings. The van der Waals surface area contributed by atoms with Gasteiger partial charge in [-0.1, -0.05) is 284 Å². The number of hydrogen-bond donors (Lipinski definition) is 2. The second kappa shape index (κ2) is 50.5. The largest absolute Gasteiger partial charge is 0.490 e. The van der Waals surface area contributed by atoms with Crippen LogP contribution in [0.2, 0.25) is 0 Å². The van der Waals surface area contributed by atoms with Crippen LogP contribution in [0.3, 0.4) is 0 Å². The van der Waals surface area contributed by atoms with E-state index in [1.54, 1.807) is 0 Å². The van der Waals surface area contributed by atoms with Gasteiger partial charge in [-0.25, -0.2) is 9.97 Å². The van der Waals surface area contributed by atoms with Crippen LogP contribution in [0.4, 0.5) is 0 Å². The number of methoxy groups -OCH3 is 2. The summed E-state index contributed by atoms with van der Waals surface area (Å²) in [6, 6.07) is 21.2. The van der Waals surface area contributed by atoms with E-state index in [9.17, 15) is 9.59 Å². The smallest absolute Gasteiger partial charge is 0.305 e. The molecule has 0 saturated carbocycles. The number of esters is 2. The number of aryl methyl sites for hydroxylation is 3. The highest BCUT2D eigenvalue weighted by Gasteiger charge is 2.26. The molecule has 0 saturated heterocycles. The molecule has 2 N–H and O–H groups in total. The fraction of sp³-hybridized carbons (Fsp3) is 0.604. The molecule has 2 aliphatic rings. The predicted octanol–water partition coefficient (Wildman–Crippen LogP) is 27.8. The summed E-state index contributed by atoms with van der Waals surface area (Å²) in [6.07, 6.45) is 51.4. The lowest BCUT2D eigenvalue weighted by atomic mass is 9.93. The number of H-pyrrole nitrogens is 2. The number of hydrogen-bond acceptors (Lipinski definition) is 10. The van der Waals surface area contributed by atoms with E-state index < -0.39 is 0 Å². The first kappa shape index (κ1) is 87.9. The Morgan fingerprint density at radius 3 is 1.11 bits per heavy atom. The molecule has 3 aromatic heterocycles. The number of benzene rings is 2. The van der Waals surface area contributed by atoms with E-state index in [0.29, 0.717) is 39.3 Å². The first-order valence-electron chi connectivity index (χ1n) is 43.2. The van der Waals surface area contributed by atoms with Gasteiger partial charge in [0.2, 0.25) is 0 Å². The Bertz CT molecular complexity index is 3810. The summed E-state index contributed by atoms with van der Waals surface area (Å²) >= 11 is 0. The normalized spacial score (nSPS) is 12.2. The number of unbranched alkanes of at least 4 members (excludes halogenated alkanes) is 36. The molecule has 0 aliphatic carbocycles. The second-order valence-electron chi connectivity index (χ2n) is 31.0. The Hall–Kier alpha value is -7.34. The molecule has 0 atom stereocenters. The molecule has 0 spiro atoms. The number of nitrogens with one attached hydrogen (secondary N) is 2. The van der Waals surface area contributed by atoms with E-state index in [4.69, 9.17) is 51.5 Å². The van der Waals surface area contributed by atoms with Crippen molar-refractivity contribution in [3.8, 4) is 23.0 Å². The van der Waals surface area contributed by atoms with Gasteiger partial charge in [-0.05, 0) is 170 Å². The van der Waals surface area contributed by atoms with Gasteiger partial charge < -0.3 is 38.4 Å². The van der Waals surface area contributed by atoms with E-state index in [2.05, 4.69) is 126 Å². The Morgan fingerprint density at radius 1 is 0.352 bits per heavy atom. The first-order chi connectivity index (χ1) is 52.7. The summed E-state index contributed by atoms with van der Waals surface area (Å²) in [7, 11) is 2.86. The highest BCUT2D eigenvalue weighted by molar-refractivity contribution is 6.15. The second-order valence-corrected chi connectivity index (χ2v) is 31.0. The first-order valence-corrected chi connectivity index (χ1v) is 43.2. The highest BCUT2D eigenvalue weighted by Crippen LogP contribution is 2.44. The van der Waals surface area contributed by atoms with Gasteiger partial charge in [0.25, 0.3) is 0 Å². The zero-order valence-electron chi connectivity index (χ0n) is 69.3. The number of rotatable bonds is 58. The lowest BCUT2D eigenvalue weighted by molar-refractivity contribution is -0.141. The number of fused-ring (bicyclic) bond motifs is 8. The molecule has 0 radical (unpaired) electrons. The van der Waals surface area contributed by atoms with Crippen molar-refractivity contribution in [2.24, 2.45) is 0 Å². The molecule has 7 rings (SSSR count). The molecule has 2 aromatic carbocycles. The van der Waals surface area contributed by atoms with E-state index in [0.717, 1.165) is 186 Å². The zero-order chi connectivity index (χ0) is 77.1. The van der Waals surface area contributed by atoms with E-state index in [1.807, 2.05) is 0 Å². The van der Waals surface area contributed by atoms with Gasteiger partial charge in [-0.3, -0.25) is 9.59 Å². The van der Waals surface area contributed by atoms with Crippen LogP contribution in [0.5, 0.6) is 23.0 Å². The van der Waals surface area contributed by atoms with Crippen molar-refractivity contribution >= 4 is 67.4 Å². The molecule has 12 heteroatoms. The minimum Gasteiger partial charge on any atom is -0.490 e. The number of ether oxygens (including phenoxy) is 6. The molecule has 594 valence electrons. The van der Waals surface area contributed by atoms with Crippen LogP contribution in [0.15, 0.2) is 73.8 Å². The summed E-state index contributed by atoms with van der Waals surface area (Å²) in [4.78, 5) is 44.7. The third kappa shape index (κ3) is 28.8. The molecule has 5 aromatic rings. The van der Waals surface area contributed by atoms with Crippen molar-refractivity contribution in [1.82, 2.24) is 19.9 Å². The Morgan fingerprint density at radius 2 is 0.685 bits per heavy atom. The molecule has 2 aliphatic heterocycles. The van der Waals surface area contributed by atoms with Crippen molar-refractivity contribution in [2.45, 2.75) is 338 Å². The number of aromatic amines is 2. The van der Waals surface area contributed by atoms with Crippen molar-refractivity contribution in [1.29, 1.82) is 0 Å². The molecule has 5 heterocycles. The summed E-state index contributed by atoms with van der Waals surface area (Å²) in [5.41, 5.74) is 17.4. The Labute approximate surface area is 653 Å². The summed E-state index contributed by atoms with van der Waals surface area (Å²) in [6.45, 7) is 30.0. The SMILES string of the molecule is C=C(C1=C(C)c2cc3[nH]c(cc4nc(cc5[nH]c(cc1n2)c(C)c5CCC(=O)OC)C(CCC(=O)OC)=C4C)c(C)c3C(=C)c1ccc(OCCCCCCCCCCCC)c(OCCCCCCCCCCCC)c1)c1ccc(OCCCCCCCCCCCC)c(OCCCCCCCCCCCC)c1. The molecule has 0 amide bonds. The van der Waals surface area contributed by atoms with Gasteiger partial charge in [0.05, 0.1) is 63.4 Å². The summed E-state index contributed by atoms with van der Waals surface area (Å²) < 4.78 is 37.4. The van der Waals surface area contributed by atoms with Crippen LogP contribution in [0.1, 0.15) is 374 Å². The number of carbonyl (C=O) groups is 2. The average molecular weight is 1480 g/mol. The van der Waals surface area contributed by atoms with E-state index >= 15 is 0 Å². The molecule has 108 heavy (non-hydrogen) atoms. The summed E-state index contributed by atoms with van der Waals surface area (Å²) in [5, 5.41) is 0. The van der Waals surface area contributed by atoms with Gasteiger partial charge in [-0.2, -0.15) is 0 Å². The van der Waals surface area contributed by atoms with Crippen LogP contribution in [0.25, 0.3) is 55.5 Å². The number of nitrogens with zero attached hydrogens (tertiary/aromatic N) is 2. The van der Waals surface area contributed by atoms with Crippen molar-refractivity contribution < 1.29 is 38.0 Å². The topological polar surface area (TPSA) is 147 Å². The third-order valence-electron chi connectivity index (χ3n) is 22.4. The van der Waals surface area contributed by atoms with Gasteiger partial charge in [0, 0.05) is 46.0 Å². The number of carbonyl (C=O) groups excluding carboxylic acids is 2. The molecule has 12 nitrogen and oxygen atoms in total. The molecular weight excluding hydrogens is 1340 g/mol. The number of allylic oxidation sites excluding steroid dienone is 5. The monoisotopic (exact) mass is 1480 g/mol. The lowest BCUT2D eigenvalue weighted by Crippen LogP contribution is -2.03. The van der Waals surface area contributed by atoms with Gasteiger partial charge in [0.15, 0.2) is 23.0 Å².